The molecule has 116 valence electrons. The van der Waals surface area contributed by atoms with Crippen LogP contribution in [0.5, 0.6) is 0 Å². The van der Waals surface area contributed by atoms with Crippen molar-refractivity contribution < 1.29 is 9.59 Å². The third kappa shape index (κ3) is 3.19. The van der Waals surface area contributed by atoms with E-state index in [4.69, 9.17) is 0 Å². The molecule has 22 heavy (non-hydrogen) atoms. The second-order valence-corrected chi connectivity index (χ2v) is 5.56. The number of amides is 2. The van der Waals surface area contributed by atoms with Gasteiger partial charge in [0.2, 0.25) is 0 Å². The lowest BCUT2D eigenvalue weighted by atomic mass is 10.1. The minimum Gasteiger partial charge on any atom is -0.351 e. The summed E-state index contributed by atoms with van der Waals surface area (Å²) in [6, 6.07) is 7.30. The number of hydrogen-bond donors (Lipinski definition) is 2. The largest absolute Gasteiger partial charge is 0.351 e. The van der Waals surface area contributed by atoms with Gasteiger partial charge in [0.15, 0.2) is 5.69 Å². The number of nitrogens with zero attached hydrogens (tertiary/aromatic N) is 2. The highest BCUT2D eigenvalue weighted by molar-refractivity contribution is 9.10. The van der Waals surface area contributed by atoms with Crippen LogP contribution in [-0.2, 0) is 7.05 Å². The van der Waals surface area contributed by atoms with Gasteiger partial charge in [0.25, 0.3) is 11.8 Å². The van der Waals surface area contributed by atoms with E-state index in [0.717, 1.165) is 5.56 Å². The molecule has 2 rings (SSSR count). The molecule has 2 aromatic rings. The van der Waals surface area contributed by atoms with Crippen LogP contribution in [0, 0.1) is 6.92 Å². The lowest BCUT2D eigenvalue weighted by molar-refractivity contribution is 0.0948. The van der Waals surface area contributed by atoms with Crippen molar-refractivity contribution >= 4 is 33.6 Å². The smallest absolute Gasteiger partial charge is 0.273 e. The van der Waals surface area contributed by atoms with Crippen LogP contribution in [0.3, 0.4) is 0 Å². The van der Waals surface area contributed by atoms with Gasteiger partial charge < -0.3 is 10.6 Å². The van der Waals surface area contributed by atoms with Crippen LogP contribution in [0.25, 0.3) is 0 Å². The molecule has 0 saturated heterocycles. The van der Waals surface area contributed by atoms with Crippen LogP contribution in [0.15, 0.2) is 28.7 Å². The third-order valence-corrected chi connectivity index (χ3v) is 3.91. The number of hydrogen-bond acceptors (Lipinski definition) is 3. The maximum absolute atomic E-state index is 12.4. The van der Waals surface area contributed by atoms with Crippen molar-refractivity contribution in [2.75, 3.05) is 11.9 Å². The minimum atomic E-state index is -0.290. The van der Waals surface area contributed by atoms with Crippen LogP contribution >= 0.6 is 15.9 Å². The molecule has 1 heterocycles. The Kier molecular flexibility index (Phi) is 4.97. The van der Waals surface area contributed by atoms with Gasteiger partial charge in [0, 0.05) is 19.2 Å². The maximum Gasteiger partial charge on any atom is 0.273 e. The molecule has 2 amide bonds. The van der Waals surface area contributed by atoms with Crippen molar-refractivity contribution in [2.45, 2.75) is 13.8 Å². The minimum absolute atomic E-state index is 0.240. The lowest BCUT2D eigenvalue weighted by Crippen LogP contribution is -2.23. The van der Waals surface area contributed by atoms with E-state index < -0.39 is 0 Å². The van der Waals surface area contributed by atoms with Gasteiger partial charge in [-0.2, -0.15) is 5.10 Å². The fourth-order valence-electron chi connectivity index (χ4n) is 2.03. The number of rotatable bonds is 4. The fraction of sp³-hybridized carbons (Fsp3) is 0.267. The van der Waals surface area contributed by atoms with E-state index in [2.05, 4.69) is 31.7 Å². The van der Waals surface area contributed by atoms with Crippen molar-refractivity contribution in [1.29, 1.82) is 0 Å². The molecule has 0 aliphatic carbocycles. The zero-order chi connectivity index (χ0) is 16.3. The zero-order valence-corrected chi connectivity index (χ0v) is 14.2. The number of benzene rings is 1. The quantitative estimate of drug-likeness (QED) is 0.874. The number of anilines is 1. The molecule has 0 atom stereocenters. The molecule has 1 aromatic heterocycles. The Morgan fingerprint density at radius 2 is 1.95 bits per heavy atom. The molecule has 0 fully saturated rings. The first kappa shape index (κ1) is 16.2. The second-order valence-electron chi connectivity index (χ2n) is 4.76. The Labute approximate surface area is 137 Å². The molecule has 0 saturated carbocycles. The predicted molar refractivity (Wildman–Crippen MR) is 88.0 cm³/mol. The van der Waals surface area contributed by atoms with Crippen molar-refractivity contribution in [2.24, 2.45) is 7.05 Å². The average Bonchev–Trinajstić information content (AvgIpc) is 2.76. The molecule has 6 nitrogen and oxygen atoms in total. The van der Waals surface area contributed by atoms with Crippen molar-refractivity contribution in [1.82, 2.24) is 15.1 Å². The summed E-state index contributed by atoms with van der Waals surface area (Å²) in [5.74, 6) is -0.0971. The van der Waals surface area contributed by atoms with Gasteiger partial charge >= 0.3 is 0 Å². The Balaban J connectivity index is 2.29. The standard InChI is InChI=1S/C15H17BrN4O2/c1-4-17-15(22)12-11(16)13(20(3)19-12)18-14(21)10-8-6-5-7-9(10)2/h5-8H,4H2,1-3H3,(H,17,22)(H,18,21). The summed E-state index contributed by atoms with van der Waals surface area (Å²) in [5, 5.41) is 9.61. The number of halogens is 1. The van der Waals surface area contributed by atoms with E-state index in [1.807, 2.05) is 26.0 Å². The molecule has 2 N–H and O–H groups in total. The number of aryl methyl sites for hydroxylation is 2. The summed E-state index contributed by atoms with van der Waals surface area (Å²) >= 11 is 3.33. The number of carbonyl (C=O) groups excluding carboxylic acids is 2. The van der Waals surface area contributed by atoms with Gasteiger partial charge in [0.05, 0.1) is 4.47 Å². The van der Waals surface area contributed by atoms with E-state index in [9.17, 15) is 9.59 Å². The Morgan fingerprint density at radius 3 is 2.59 bits per heavy atom. The summed E-state index contributed by atoms with van der Waals surface area (Å²) < 4.78 is 1.92. The van der Waals surface area contributed by atoms with E-state index in [-0.39, 0.29) is 17.5 Å². The molecule has 0 radical (unpaired) electrons. The first-order valence-corrected chi connectivity index (χ1v) is 7.62. The molecule has 0 unspecified atom stereocenters. The second kappa shape index (κ2) is 6.74. The van der Waals surface area contributed by atoms with Crippen molar-refractivity contribution in [3.63, 3.8) is 0 Å². The first-order valence-electron chi connectivity index (χ1n) is 6.83. The first-order chi connectivity index (χ1) is 10.5. The van der Waals surface area contributed by atoms with E-state index in [0.29, 0.717) is 22.4 Å². The van der Waals surface area contributed by atoms with Crippen LogP contribution in [-0.4, -0.2) is 28.1 Å². The predicted octanol–water partition coefficient (Wildman–Crippen LogP) is 2.49. The molecule has 0 bridgehead atoms. The summed E-state index contributed by atoms with van der Waals surface area (Å²) in [6.45, 7) is 4.20. The molecular weight excluding hydrogens is 348 g/mol. The van der Waals surface area contributed by atoms with Crippen LogP contribution in [0.4, 0.5) is 5.82 Å². The molecule has 0 spiro atoms. The summed E-state index contributed by atoms with van der Waals surface area (Å²) in [5.41, 5.74) is 1.70. The monoisotopic (exact) mass is 364 g/mol. The van der Waals surface area contributed by atoms with E-state index in [1.54, 1.807) is 19.2 Å². The number of aromatic nitrogens is 2. The molecule has 1 aromatic carbocycles. The summed E-state index contributed by atoms with van der Waals surface area (Å²) in [4.78, 5) is 24.3. The summed E-state index contributed by atoms with van der Waals surface area (Å²) in [7, 11) is 1.67. The van der Waals surface area contributed by atoms with Gasteiger partial charge in [-0.3, -0.25) is 14.3 Å². The van der Waals surface area contributed by atoms with Crippen molar-refractivity contribution in [3.05, 3.63) is 45.6 Å². The van der Waals surface area contributed by atoms with Gasteiger partial charge in [0.1, 0.15) is 5.82 Å². The Bertz CT molecular complexity index is 724. The topological polar surface area (TPSA) is 76.0 Å². The molecule has 0 aliphatic rings. The van der Waals surface area contributed by atoms with Crippen LogP contribution in [0.2, 0.25) is 0 Å². The van der Waals surface area contributed by atoms with E-state index >= 15 is 0 Å². The van der Waals surface area contributed by atoms with Crippen LogP contribution in [0.1, 0.15) is 33.3 Å². The van der Waals surface area contributed by atoms with Crippen molar-refractivity contribution in [3.8, 4) is 0 Å². The SMILES string of the molecule is CCNC(=O)c1nn(C)c(NC(=O)c2ccccc2C)c1Br. The Morgan fingerprint density at radius 1 is 1.27 bits per heavy atom. The van der Waals surface area contributed by atoms with E-state index in [1.165, 1.54) is 4.68 Å². The highest BCUT2D eigenvalue weighted by Crippen LogP contribution is 2.26. The fourth-order valence-corrected chi connectivity index (χ4v) is 2.64. The Hall–Kier alpha value is -2.15. The lowest BCUT2D eigenvalue weighted by Gasteiger charge is -2.08. The van der Waals surface area contributed by atoms with Gasteiger partial charge in [-0.15, -0.1) is 0 Å². The zero-order valence-electron chi connectivity index (χ0n) is 12.6. The normalized spacial score (nSPS) is 10.4. The number of carbonyl (C=O) groups is 2. The highest BCUT2D eigenvalue weighted by Gasteiger charge is 2.21. The number of nitrogens with one attached hydrogen (secondary N) is 2. The van der Waals surface area contributed by atoms with Gasteiger partial charge in [-0.25, -0.2) is 0 Å². The molecule has 7 heteroatoms. The maximum atomic E-state index is 12.4. The van der Waals surface area contributed by atoms with Crippen LogP contribution < -0.4 is 10.6 Å². The summed E-state index contributed by atoms with van der Waals surface area (Å²) in [6.07, 6.45) is 0. The average molecular weight is 365 g/mol. The van der Waals surface area contributed by atoms with Gasteiger partial charge in [-0.1, -0.05) is 18.2 Å². The molecule has 0 aliphatic heterocycles. The molecular formula is C15H17BrN4O2. The van der Waals surface area contributed by atoms with Gasteiger partial charge in [-0.05, 0) is 41.4 Å². The third-order valence-electron chi connectivity index (χ3n) is 3.16. The highest BCUT2D eigenvalue weighted by atomic mass is 79.9.